The van der Waals surface area contributed by atoms with Crippen molar-refractivity contribution in [3.63, 3.8) is 0 Å². The second kappa shape index (κ2) is 12.2. The van der Waals surface area contributed by atoms with E-state index < -0.39 is 5.91 Å². The van der Waals surface area contributed by atoms with Crippen molar-refractivity contribution in [2.75, 3.05) is 32.5 Å². The normalized spacial score (nSPS) is 14.8. The van der Waals surface area contributed by atoms with Crippen LogP contribution in [0.25, 0.3) is 11.0 Å². The molecule has 11 heteroatoms. The number of benzene rings is 1. The Labute approximate surface area is 238 Å². The number of carbonyl (C=O) groups is 1. The number of nitrogens with zero attached hydrogens (tertiary/aromatic N) is 6. The molecule has 1 fully saturated rings. The molecule has 1 amide bonds. The summed E-state index contributed by atoms with van der Waals surface area (Å²) in [6, 6.07) is 9.28. The first-order valence-corrected chi connectivity index (χ1v) is 13.7. The maximum absolute atomic E-state index is 13.6. The topological polar surface area (TPSA) is 119 Å². The Kier molecular flexibility index (Phi) is 8.31. The molecular formula is C30H34N8O3. The van der Waals surface area contributed by atoms with Crippen LogP contribution in [0.1, 0.15) is 36.6 Å². The molecule has 0 radical (unpaired) electrons. The maximum Gasteiger partial charge on any atom is 0.298 e. The van der Waals surface area contributed by atoms with Gasteiger partial charge in [0.15, 0.2) is 0 Å². The van der Waals surface area contributed by atoms with Gasteiger partial charge in [0.25, 0.3) is 11.5 Å². The highest BCUT2D eigenvalue weighted by Gasteiger charge is 2.16. The first-order valence-electron chi connectivity index (χ1n) is 13.7. The molecular weight excluding hydrogens is 520 g/mol. The number of hydrogen-bond donors (Lipinski definition) is 2. The Morgan fingerprint density at radius 1 is 1.27 bits per heavy atom. The monoisotopic (exact) mass is 554 g/mol. The zero-order chi connectivity index (χ0) is 28.9. The largest absolute Gasteiger partial charge is 0.489 e. The van der Waals surface area contributed by atoms with Crippen molar-refractivity contribution in [1.82, 2.24) is 34.5 Å². The summed E-state index contributed by atoms with van der Waals surface area (Å²) < 4.78 is 9.36. The van der Waals surface area contributed by atoms with E-state index in [2.05, 4.69) is 32.6 Å². The molecule has 1 aromatic carbocycles. The summed E-state index contributed by atoms with van der Waals surface area (Å²) >= 11 is 0. The Morgan fingerprint density at radius 2 is 2.07 bits per heavy atom. The van der Waals surface area contributed by atoms with Gasteiger partial charge in [-0.1, -0.05) is 12.8 Å². The maximum atomic E-state index is 13.6. The van der Waals surface area contributed by atoms with E-state index in [9.17, 15) is 9.59 Å². The summed E-state index contributed by atoms with van der Waals surface area (Å²) in [6.07, 6.45) is 6.68. The first kappa shape index (κ1) is 27.9. The van der Waals surface area contributed by atoms with Gasteiger partial charge in [-0.3, -0.25) is 18.8 Å². The number of anilines is 2. The Morgan fingerprint density at radius 3 is 2.78 bits per heavy atom. The number of ether oxygens (including phenoxy) is 1. The van der Waals surface area contributed by atoms with Crippen LogP contribution in [0, 0.1) is 11.8 Å². The molecule has 1 saturated heterocycles. The Bertz CT molecular complexity index is 1670. The average molecular weight is 555 g/mol. The first-order chi connectivity index (χ1) is 19.8. The molecule has 1 atom stereocenters. The van der Waals surface area contributed by atoms with Gasteiger partial charge in [0.2, 0.25) is 5.95 Å². The molecule has 4 heterocycles. The van der Waals surface area contributed by atoms with Crippen LogP contribution in [0.3, 0.4) is 0 Å². The van der Waals surface area contributed by atoms with Crippen LogP contribution in [0.15, 0.2) is 47.5 Å². The number of hydrogen-bond acceptors (Lipinski definition) is 8. The molecule has 0 bridgehead atoms. The second-order valence-electron chi connectivity index (χ2n) is 10.2. The van der Waals surface area contributed by atoms with Gasteiger partial charge < -0.3 is 20.3 Å². The Balaban J connectivity index is 1.48. The predicted octanol–water partition coefficient (Wildman–Crippen LogP) is 2.45. The molecule has 1 aliphatic heterocycles. The fraction of sp³-hybridized carbons (Fsp3) is 0.367. The van der Waals surface area contributed by atoms with Crippen molar-refractivity contribution >= 4 is 28.6 Å². The highest BCUT2D eigenvalue weighted by atomic mass is 16.5. The minimum Gasteiger partial charge on any atom is -0.489 e. The quantitative estimate of drug-likeness (QED) is 0.335. The van der Waals surface area contributed by atoms with Crippen molar-refractivity contribution in [3.8, 4) is 17.6 Å². The second-order valence-corrected chi connectivity index (χ2v) is 10.2. The predicted molar refractivity (Wildman–Crippen MR) is 157 cm³/mol. The van der Waals surface area contributed by atoms with Crippen molar-refractivity contribution in [2.45, 2.75) is 38.8 Å². The van der Waals surface area contributed by atoms with Crippen LogP contribution in [0.2, 0.25) is 0 Å². The van der Waals surface area contributed by atoms with Gasteiger partial charge in [0.1, 0.15) is 17.5 Å². The van der Waals surface area contributed by atoms with Gasteiger partial charge in [-0.2, -0.15) is 10.1 Å². The molecule has 4 aromatic rings. The summed E-state index contributed by atoms with van der Waals surface area (Å²) in [4.78, 5) is 36.3. The molecule has 1 unspecified atom stereocenters. The molecule has 1 aliphatic rings. The van der Waals surface area contributed by atoms with Crippen LogP contribution in [0.4, 0.5) is 11.6 Å². The highest BCUT2D eigenvalue weighted by Crippen LogP contribution is 2.22. The van der Waals surface area contributed by atoms with Crippen molar-refractivity contribution < 1.29 is 9.53 Å². The third kappa shape index (κ3) is 6.56. The van der Waals surface area contributed by atoms with Crippen molar-refractivity contribution in [3.05, 3.63) is 69.9 Å². The van der Waals surface area contributed by atoms with Gasteiger partial charge >= 0.3 is 0 Å². The molecule has 3 aromatic heterocycles. The lowest BCUT2D eigenvalue weighted by Crippen LogP contribution is -2.37. The van der Waals surface area contributed by atoms with Gasteiger partial charge in [-0.25, -0.2) is 4.98 Å². The third-order valence-electron chi connectivity index (χ3n) is 6.88. The molecule has 11 nitrogen and oxygen atoms in total. The van der Waals surface area contributed by atoms with Crippen LogP contribution < -0.4 is 20.9 Å². The van der Waals surface area contributed by atoms with Crippen LogP contribution in [-0.4, -0.2) is 68.4 Å². The van der Waals surface area contributed by atoms with E-state index in [0.29, 0.717) is 17.0 Å². The van der Waals surface area contributed by atoms with Gasteiger partial charge in [0, 0.05) is 57.1 Å². The average Bonchev–Trinajstić information content (AvgIpc) is 3.34. The summed E-state index contributed by atoms with van der Waals surface area (Å²) in [5, 5.41) is 11.8. The van der Waals surface area contributed by atoms with Crippen molar-refractivity contribution in [1.29, 1.82) is 0 Å². The number of nitrogens with one attached hydrogen (secondary N) is 2. The summed E-state index contributed by atoms with van der Waals surface area (Å²) in [5.74, 6) is 6.04. The number of piperidine rings is 1. The SMILES string of the molecule is CCc1cn(C)nc1Cn1c(=O)c(C#CC(=O)N(C)C)cc2cnc(Nc3ccc(OC4CCCNC4)cc3)nc21. The van der Waals surface area contributed by atoms with Gasteiger partial charge in [0.05, 0.1) is 17.8 Å². The van der Waals surface area contributed by atoms with E-state index in [1.165, 1.54) is 4.90 Å². The van der Waals surface area contributed by atoms with Crippen LogP contribution in [-0.2, 0) is 24.8 Å². The lowest BCUT2D eigenvalue weighted by atomic mass is 10.1. The minimum atomic E-state index is -0.392. The number of fused-ring (bicyclic) bond motifs is 1. The Hall–Kier alpha value is -4.69. The number of carbonyl (C=O) groups excluding carboxylic acids is 1. The number of amides is 1. The molecule has 2 N–H and O–H groups in total. The number of rotatable bonds is 7. The number of aromatic nitrogens is 5. The fourth-order valence-electron chi connectivity index (χ4n) is 4.71. The van der Waals surface area contributed by atoms with E-state index in [1.54, 1.807) is 35.6 Å². The lowest BCUT2D eigenvalue weighted by molar-refractivity contribution is -0.122. The minimum absolute atomic E-state index is 0.172. The smallest absolute Gasteiger partial charge is 0.298 e. The molecule has 212 valence electrons. The lowest BCUT2D eigenvalue weighted by Gasteiger charge is -2.24. The van der Waals surface area contributed by atoms with E-state index in [0.717, 1.165) is 55.0 Å². The zero-order valence-electron chi connectivity index (χ0n) is 23.8. The van der Waals surface area contributed by atoms with Gasteiger partial charge in [-0.05, 0) is 61.7 Å². The molecule has 0 saturated carbocycles. The van der Waals surface area contributed by atoms with E-state index in [1.807, 2.05) is 44.4 Å². The standard InChI is InChI=1S/C30H34N8O3/c1-5-20-18-37(4)35-26(20)19-38-28-22(15-21(29(38)40)8-13-27(39)36(2)3)16-32-30(34-28)33-23-9-11-24(12-10-23)41-25-7-6-14-31-17-25/h9-12,15-16,18,25,31H,5-7,14,17,19H2,1-4H3,(H,32,33,34). The van der Waals surface area contributed by atoms with Crippen LogP contribution in [0.5, 0.6) is 5.75 Å². The molecule has 0 aliphatic carbocycles. The fourth-order valence-corrected chi connectivity index (χ4v) is 4.71. The summed E-state index contributed by atoms with van der Waals surface area (Å²) in [6.45, 7) is 4.14. The highest BCUT2D eigenvalue weighted by molar-refractivity contribution is 5.94. The van der Waals surface area contributed by atoms with Gasteiger partial charge in [-0.15, -0.1) is 0 Å². The number of aryl methyl sites for hydroxylation is 2. The molecule has 0 spiro atoms. The molecule has 41 heavy (non-hydrogen) atoms. The molecule has 5 rings (SSSR count). The zero-order valence-corrected chi connectivity index (χ0v) is 23.8. The van der Waals surface area contributed by atoms with E-state index in [4.69, 9.17) is 9.72 Å². The van der Waals surface area contributed by atoms with Crippen LogP contribution >= 0.6 is 0 Å². The number of pyridine rings is 1. The van der Waals surface area contributed by atoms with Crippen molar-refractivity contribution in [2.24, 2.45) is 7.05 Å². The van der Waals surface area contributed by atoms with E-state index >= 15 is 0 Å². The summed E-state index contributed by atoms with van der Waals surface area (Å²) in [7, 11) is 5.07. The summed E-state index contributed by atoms with van der Waals surface area (Å²) in [5.41, 5.74) is 2.86. The van der Waals surface area contributed by atoms with E-state index in [-0.39, 0.29) is 23.8 Å². The third-order valence-corrected chi connectivity index (χ3v) is 6.88.